The molecule has 0 radical (unpaired) electrons. The van der Waals surface area contributed by atoms with Crippen LogP contribution < -0.4 is 0 Å². The number of benzene rings is 2. The molecule has 0 saturated carbocycles. The van der Waals surface area contributed by atoms with Crippen LogP contribution in [0.1, 0.15) is 16.7 Å². The Bertz CT molecular complexity index is 1090. The van der Waals surface area contributed by atoms with Crippen LogP contribution in [0.3, 0.4) is 0 Å². The van der Waals surface area contributed by atoms with Gasteiger partial charge in [-0.15, -0.1) is 0 Å². The van der Waals surface area contributed by atoms with Crippen molar-refractivity contribution in [2.24, 2.45) is 0 Å². The highest BCUT2D eigenvalue weighted by molar-refractivity contribution is 6.00. The van der Waals surface area contributed by atoms with E-state index in [0.29, 0.717) is 27.6 Å². The predicted octanol–water partition coefficient (Wildman–Crippen LogP) is 4.27. The van der Waals surface area contributed by atoms with E-state index in [4.69, 9.17) is 10.4 Å². The van der Waals surface area contributed by atoms with Crippen molar-refractivity contribution in [2.75, 3.05) is 0 Å². The van der Waals surface area contributed by atoms with Gasteiger partial charge in [0, 0.05) is 23.7 Å². The number of halogens is 2. The lowest BCUT2D eigenvalue weighted by Crippen LogP contribution is -1.99. The Hall–Kier alpha value is -3.46. The van der Waals surface area contributed by atoms with Crippen molar-refractivity contribution < 1.29 is 18.7 Å². The SMILES string of the molecule is Cc1ccc(Cn2cc(/C=C(\C#N)C(=O)O)c3ccc(F)cc32)cc1F. The Kier molecular flexibility index (Phi) is 4.55. The Morgan fingerprint density at radius 2 is 2.04 bits per heavy atom. The Morgan fingerprint density at radius 3 is 2.69 bits per heavy atom. The summed E-state index contributed by atoms with van der Waals surface area (Å²) in [6, 6.07) is 10.6. The summed E-state index contributed by atoms with van der Waals surface area (Å²) < 4.78 is 29.2. The lowest BCUT2D eigenvalue weighted by atomic mass is 10.1. The molecule has 0 amide bonds. The summed E-state index contributed by atoms with van der Waals surface area (Å²) in [4.78, 5) is 11.1. The zero-order valence-electron chi connectivity index (χ0n) is 13.8. The van der Waals surface area contributed by atoms with Crippen LogP contribution in [0, 0.1) is 29.9 Å². The first-order valence-electron chi connectivity index (χ1n) is 7.77. The number of aliphatic carboxylic acids is 1. The second-order valence-electron chi connectivity index (χ2n) is 5.93. The summed E-state index contributed by atoms with van der Waals surface area (Å²) in [7, 11) is 0. The molecule has 1 aromatic heterocycles. The van der Waals surface area contributed by atoms with Gasteiger partial charge in [-0.2, -0.15) is 5.26 Å². The fourth-order valence-corrected chi connectivity index (χ4v) is 2.77. The third-order valence-electron chi connectivity index (χ3n) is 4.11. The number of fused-ring (bicyclic) bond motifs is 1. The minimum Gasteiger partial charge on any atom is -0.477 e. The van der Waals surface area contributed by atoms with Crippen LogP contribution >= 0.6 is 0 Å². The summed E-state index contributed by atoms with van der Waals surface area (Å²) >= 11 is 0. The second kappa shape index (κ2) is 6.81. The molecule has 0 aliphatic heterocycles. The summed E-state index contributed by atoms with van der Waals surface area (Å²) in [5, 5.41) is 18.6. The monoisotopic (exact) mass is 352 g/mol. The van der Waals surface area contributed by atoms with E-state index in [1.54, 1.807) is 35.9 Å². The number of nitriles is 1. The first-order valence-corrected chi connectivity index (χ1v) is 7.77. The maximum absolute atomic E-state index is 13.8. The number of aromatic nitrogens is 1. The summed E-state index contributed by atoms with van der Waals surface area (Å²) in [5.41, 5.74) is 1.80. The molecule has 26 heavy (non-hydrogen) atoms. The molecule has 0 saturated heterocycles. The van der Waals surface area contributed by atoms with Crippen LogP contribution in [-0.4, -0.2) is 15.6 Å². The molecule has 0 aliphatic rings. The zero-order valence-corrected chi connectivity index (χ0v) is 13.8. The predicted molar refractivity (Wildman–Crippen MR) is 93.4 cm³/mol. The summed E-state index contributed by atoms with van der Waals surface area (Å²) in [6.07, 6.45) is 2.87. The van der Waals surface area contributed by atoms with Gasteiger partial charge in [-0.05, 0) is 48.4 Å². The maximum atomic E-state index is 13.8. The van der Waals surface area contributed by atoms with Crippen molar-refractivity contribution in [2.45, 2.75) is 13.5 Å². The molecule has 0 unspecified atom stereocenters. The second-order valence-corrected chi connectivity index (χ2v) is 5.93. The number of hydrogen-bond donors (Lipinski definition) is 1. The van der Waals surface area contributed by atoms with E-state index in [1.165, 1.54) is 30.3 Å². The molecule has 6 heteroatoms. The molecule has 4 nitrogen and oxygen atoms in total. The van der Waals surface area contributed by atoms with E-state index in [1.807, 2.05) is 0 Å². The normalized spacial score (nSPS) is 11.5. The topological polar surface area (TPSA) is 66.0 Å². The lowest BCUT2D eigenvalue weighted by Gasteiger charge is -2.07. The van der Waals surface area contributed by atoms with Crippen LogP contribution in [0.4, 0.5) is 8.78 Å². The average Bonchev–Trinajstić information content (AvgIpc) is 2.92. The van der Waals surface area contributed by atoms with Crippen LogP contribution in [-0.2, 0) is 11.3 Å². The lowest BCUT2D eigenvalue weighted by molar-refractivity contribution is -0.132. The van der Waals surface area contributed by atoms with Gasteiger partial charge in [-0.3, -0.25) is 0 Å². The van der Waals surface area contributed by atoms with Gasteiger partial charge in [0.1, 0.15) is 23.3 Å². The highest BCUT2D eigenvalue weighted by Crippen LogP contribution is 2.26. The van der Waals surface area contributed by atoms with E-state index in [9.17, 15) is 13.6 Å². The third kappa shape index (κ3) is 3.33. The number of carboxylic acids is 1. The van der Waals surface area contributed by atoms with Gasteiger partial charge < -0.3 is 9.67 Å². The molecule has 0 spiro atoms. The van der Waals surface area contributed by atoms with Crippen molar-refractivity contribution >= 4 is 22.9 Å². The first-order chi connectivity index (χ1) is 12.4. The fourth-order valence-electron chi connectivity index (χ4n) is 2.77. The van der Waals surface area contributed by atoms with Crippen LogP contribution in [0.2, 0.25) is 0 Å². The molecule has 0 fully saturated rings. The molecule has 2 aromatic carbocycles. The Balaban J connectivity index is 2.13. The molecule has 3 rings (SSSR count). The number of nitrogens with zero attached hydrogens (tertiary/aromatic N) is 2. The number of aryl methyl sites for hydroxylation is 1. The van der Waals surface area contributed by atoms with E-state index >= 15 is 0 Å². The number of rotatable bonds is 4. The molecule has 0 bridgehead atoms. The quantitative estimate of drug-likeness (QED) is 0.563. The van der Waals surface area contributed by atoms with Crippen molar-refractivity contribution in [3.8, 4) is 6.07 Å². The van der Waals surface area contributed by atoms with Gasteiger partial charge in [0.2, 0.25) is 0 Å². The van der Waals surface area contributed by atoms with Gasteiger partial charge in [0.25, 0.3) is 0 Å². The van der Waals surface area contributed by atoms with Gasteiger partial charge in [-0.1, -0.05) is 12.1 Å². The first kappa shape index (κ1) is 17.4. The molecular formula is C20H14F2N2O2. The minimum absolute atomic E-state index is 0.278. The van der Waals surface area contributed by atoms with Gasteiger partial charge in [0.15, 0.2) is 0 Å². The highest BCUT2D eigenvalue weighted by Gasteiger charge is 2.13. The molecule has 3 aromatic rings. The van der Waals surface area contributed by atoms with Crippen molar-refractivity contribution in [3.63, 3.8) is 0 Å². The number of carboxylic acid groups (broad SMARTS) is 1. The Morgan fingerprint density at radius 1 is 1.27 bits per heavy atom. The van der Waals surface area contributed by atoms with E-state index < -0.39 is 17.4 Å². The number of carbonyl (C=O) groups is 1. The molecule has 130 valence electrons. The largest absolute Gasteiger partial charge is 0.477 e. The van der Waals surface area contributed by atoms with Crippen molar-refractivity contribution in [1.82, 2.24) is 4.57 Å². The standard InChI is InChI=1S/C20H14F2N2O2/c1-12-2-3-13(6-18(12)22)10-24-11-15(7-14(9-23)20(25)26)17-5-4-16(21)8-19(17)24/h2-8,11H,10H2,1H3,(H,25,26)/b14-7+. The van der Waals surface area contributed by atoms with Crippen LogP contribution in [0.25, 0.3) is 17.0 Å². The number of hydrogen-bond acceptors (Lipinski definition) is 2. The van der Waals surface area contributed by atoms with E-state index in [0.717, 1.165) is 0 Å². The highest BCUT2D eigenvalue weighted by atomic mass is 19.1. The smallest absolute Gasteiger partial charge is 0.346 e. The average molecular weight is 352 g/mol. The van der Waals surface area contributed by atoms with E-state index in [-0.39, 0.29) is 12.4 Å². The molecule has 1 N–H and O–H groups in total. The summed E-state index contributed by atoms with van der Waals surface area (Å²) in [5.74, 6) is -2.11. The maximum Gasteiger partial charge on any atom is 0.346 e. The van der Waals surface area contributed by atoms with Gasteiger partial charge in [0.05, 0.1) is 5.52 Å². The van der Waals surface area contributed by atoms with Gasteiger partial charge >= 0.3 is 5.97 Å². The fraction of sp³-hybridized carbons (Fsp3) is 0.100. The van der Waals surface area contributed by atoms with Gasteiger partial charge in [-0.25, -0.2) is 13.6 Å². The van der Waals surface area contributed by atoms with Crippen molar-refractivity contribution in [1.29, 1.82) is 5.26 Å². The Labute approximate surface area is 148 Å². The summed E-state index contributed by atoms with van der Waals surface area (Å²) in [6.45, 7) is 1.94. The van der Waals surface area contributed by atoms with Crippen molar-refractivity contribution in [3.05, 3.63) is 76.5 Å². The zero-order chi connectivity index (χ0) is 18.8. The third-order valence-corrected chi connectivity index (χ3v) is 4.11. The van der Waals surface area contributed by atoms with Crippen LogP contribution in [0.15, 0.2) is 48.2 Å². The van der Waals surface area contributed by atoms with E-state index in [2.05, 4.69) is 0 Å². The molecule has 1 heterocycles. The molecular weight excluding hydrogens is 338 g/mol. The molecule has 0 aliphatic carbocycles. The molecule has 0 atom stereocenters. The minimum atomic E-state index is -1.34. The van der Waals surface area contributed by atoms with Crippen LogP contribution in [0.5, 0.6) is 0 Å².